The van der Waals surface area contributed by atoms with Crippen LogP contribution in [0.25, 0.3) is 0 Å². The summed E-state index contributed by atoms with van der Waals surface area (Å²) in [5.74, 6) is 3.39. The first kappa shape index (κ1) is 22.7. The van der Waals surface area contributed by atoms with Crippen LogP contribution in [0.15, 0.2) is 21.5 Å². The summed E-state index contributed by atoms with van der Waals surface area (Å²) in [5.41, 5.74) is 0. The molecule has 7 heteroatoms. The second-order valence-electron chi connectivity index (χ2n) is 7.55. The summed E-state index contributed by atoms with van der Waals surface area (Å²) in [7, 11) is 0. The molecular formula is C21H38N4O3. The fourth-order valence-electron chi connectivity index (χ4n) is 3.09. The molecule has 1 fully saturated rings. The van der Waals surface area contributed by atoms with Crippen LogP contribution in [0, 0.1) is 12.8 Å². The Morgan fingerprint density at radius 2 is 2.00 bits per heavy atom. The van der Waals surface area contributed by atoms with Gasteiger partial charge in [0.05, 0.1) is 32.4 Å². The summed E-state index contributed by atoms with van der Waals surface area (Å²) in [6.07, 6.45) is 1.10. The number of aryl methyl sites for hydroxylation is 1. The zero-order valence-corrected chi connectivity index (χ0v) is 18.0. The van der Waals surface area contributed by atoms with Gasteiger partial charge in [0.1, 0.15) is 11.5 Å². The van der Waals surface area contributed by atoms with Gasteiger partial charge in [-0.3, -0.25) is 9.89 Å². The van der Waals surface area contributed by atoms with Crippen molar-refractivity contribution in [2.24, 2.45) is 10.9 Å². The van der Waals surface area contributed by atoms with Crippen LogP contribution >= 0.6 is 0 Å². The van der Waals surface area contributed by atoms with E-state index in [9.17, 15) is 0 Å². The molecule has 2 rings (SSSR count). The van der Waals surface area contributed by atoms with Crippen molar-refractivity contribution in [3.63, 3.8) is 0 Å². The molecule has 0 aromatic carbocycles. The minimum atomic E-state index is 0.121. The zero-order chi connectivity index (χ0) is 20.2. The van der Waals surface area contributed by atoms with Crippen LogP contribution in [0.3, 0.4) is 0 Å². The summed E-state index contributed by atoms with van der Waals surface area (Å²) in [6, 6.07) is 4.20. The minimum Gasteiger partial charge on any atom is -0.465 e. The highest BCUT2D eigenvalue weighted by Crippen LogP contribution is 2.24. The molecular weight excluding hydrogens is 356 g/mol. The molecule has 0 radical (unpaired) electrons. The SMILES string of the molecule is CCNC(=NCC(c1ccc(C)o1)N1CCOCC1)NCCOCCC(C)C. The molecule has 0 aliphatic carbocycles. The maximum Gasteiger partial charge on any atom is 0.191 e. The molecule has 2 heterocycles. The van der Waals surface area contributed by atoms with E-state index in [-0.39, 0.29) is 6.04 Å². The lowest BCUT2D eigenvalue weighted by Gasteiger charge is -2.32. The average Bonchev–Trinajstić information content (AvgIpc) is 3.11. The van der Waals surface area contributed by atoms with Gasteiger partial charge in [0.25, 0.3) is 0 Å². The molecule has 2 N–H and O–H groups in total. The van der Waals surface area contributed by atoms with E-state index in [4.69, 9.17) is 18.9 Å². The zero-order valence-electron chi connectivity index (χ0n) is 18.0. The van der Waals surface area contributed by atoms with Gasteiger partial charge in [-0.25, -0.2) is 0 Å². The van der Waals surface area contributed by atoms with Crippen molar-refractivity contribution in [1.29, 1.82) is 0 Å². The summed E-state index contributed by atoms with van der Waals surface area (Å²) in [5, 5.41) is 6.68. The Labute approximate surface area is 169 Å². The average molecular weight is 395 g/mol. The summed E-state index contributed by atoms with van der Waals surface area (Å²) >= 11 is 0. The standard InChI is InChI=1S/C21H38N4O3/c1-5-22-21(23-9-13-26-12-8-17(2)3)24-16-19(20-7-6-18(4)28-20)25-10-14-27-15-11-25/h6-7,17,19H,5,8-16H2,1-4H3,(H2,22,23,24). The van der Waals surface area contributed by atoms with Crippen molar-refractivity contribution >= 4 is 5.96 Å². The van der Waals surface area contributed by atoms with Gasteiger partial charge in [-0.2, -0.15) is 0 Å². The van der Waals surface area contributed by atoms with E-state index in [1.165, 1.54) is 0 Å². The Kier molecular flexibility index (Phi) is 10.4. The molecule has 160 valence electrons. The smallest absolute Gasteiger partial charge is 0.191 e. The van der Waals surface area contributed by atoms with Crippen LogP contribution in [0.1, 0.15) is 44.8 Å². The van der Waals surface area contributed by atoms with Crippen molar-refractivity contribution in [2.45, 2.75) is 40.2 Å². The predicted molar refractivity (Wildman–Crippen MR) is 113 cm³/mol. The molecule has 0 amide bonds. The Hall–Kier alpha value is -1.57. The quantitative estimate of drug-likeness (QED) is 0.341. The maximum absolute atomic E-state index is 5.92. The van der Waals surface area contributed by atoms with Gasteiger partial charge >= 0.3 is 0 Å². The largest absolute Gasteiger partial charge is 0.465 e. The maximum atomic E-state index is 5.92. The number of guanidine groups is 1. The van der Waals surface area contributed by atoms with E-state index < -0.39 is 0 Å². The van der Waals surface area contributed by atoms with Crippen LogP contribution in [0.2, 0.25) is 0 Å². The van der Waals surface area contributed by atoms with E-state index in [1.54, 1.807) is 0 Å². The van der Waals surface area contributed by atoms with Gasteiger partial charge < -0.3 is 24.5 Å². The number of rotatable bonds is 11. The van der Waals surface area contributed by atoms with Gasteiger partial charge in [0.15, 0.2) is 5.96 Å². The lowest BCUT2D eigenvalue weighted by atomic mass is 10.1. The first-order valence-corrected chi connectivity index (χ1v) is 10.6. The Bertz CT molecular complexity index is 568. The van der Waals surface area contributed by atoms with E-state index in [2.05, 4.69) is 42.4 Å². The van der Waals surface area contributed by atoms with E-state index in [0.29, 0.717) is 19.1 Å². The van der Waals surface area contributed by atoms with E-state index >= 15 is 0 Å². The highest BCUT2D eigenvalue weighted by Gasteiger charge is 2.25. The third kappa shape index (κ3) is 8.20. The van der Waals surface area contributed by atoms with Gasteiger partial charge in [-0.15, -0.1) is 0 Å². The molecule has 28 heavy (non-hydrogen) atoms. The lowest BCUT2D eigenvalue weighted by molar-refractivity contribution is 0.0135. The van der Waals surface area contributed by atoms with Gasteiger partial charge in [0, 0.05) is 32.8 Å². The topological polar surface area (TPSA) is 71.3 Å². The number of nitrogens with zero attached hydrogens (tertiary/aromatic N) is 2. The summed E-state index contributed by atoms with van der Waals surface area (Å²) in [4.78, 5) is 7.21. The Morgan fingerprint density at radius 1 is 1.21 bits per heavy atom. The highest BCUT2D eigenvalue weighted by molar-refractivity contribution is 5.79. The Morgan fingerprint density at radius 3 is 2.64 bits per heavy atom. The second-order valence-corrected chi connectivity index (χ2v) is 7.55. The first-order chi connectivity index (χ1) is 13.6. The monoisotopic (exact) mass is 394 g/mol. The van der Waals surface area contributed by atoms with Gasteiger partial charge in [-0.1, -0.05) is 13.8 Å². The molecule has 1 aromatic heterocycles. The highest BCUT2D eigenvalue weighted by atomic mass is 16.5. The van der Waals surface area contributed by atoms with Crippen LogP contribution in [0.5, 0.6) is 0 Å². The number of aliphatic imine (C=N–C) groups is 1. The minimum absolute atomic E-state index is 0.121. The molecule has 0 bridgehead atoms. The first-order valence-electron chi connectivity index (χ1n) is 10.6. The third-order valence-corrected chi connectivity index (χ3v) is 4.72. The molecule has 1 aliphatic heterocycles. The molecule has 7 nitrogen and oxygen atoms in total. The summed E-state index contributed by atoms with van der Waals surface area (Å²) < 4.78 is 17.1. The fourth-order valence-corrected chi connectivity index (χ4v) is 3.09. The number of ether oxygens (including phenoxy) is 2. The molecule has 1 atom stereocenters. The van der Waals surface area contributed by atoms with Crippen LogP contribution < -0.4 is 10.6 Å². The van der Waals surface area contributed by atoms with Crippen molar-refractivity contribution in [2.75, 3.05) is 59.2 Å². The van der Waals surface area contributed by atoms with Gasteiger partial charge in [-0.05, 0) is 38.3 Å². The summed E-state index contributed by atoms with van der Waals surface area (Å²) in [6.45, 7) is 15.5. The molecule has 1 aromatic rings. The molecule has 1 unspecified atom stereocenters. The predicted octanol–water partition coefficient (Wildman–Crippen LogP) is 2.58. The fraction of sp³-hybridized carbons (Fsp3) is 0.762. The second kappa shape index (κ2) is 12.8. The number of hydrogen-bond acceptors (Lipinski definition) is 5. The Balaban J connectivity index is 1.90. The normalized spacial score (nSPS) is 17.1. The number of hydrogen-bond donors (Lipinski definition) is 2. The number of furan rings is 1. The van der Waals surface area contributed by atoms with Crippen molar-refractivity contribution < 1.29 is 13.9 Å². The van der Waals surface area contributed by atoms with E-state index in [0.717, 1.165) is 69.9 Å². The molecule has 1 saturated heterocycles. The van der Waals surface area contributed by atoms with Crippen LogP contribution in [0.4, 0.5) is 0 Å². The van der Waals surface area contributed by atoms with Crippen molar-refractivity contribution in [1.82, 2.24) is 15.5 Å². The molecule has 1 aliphatic rings. The molecule has 0 saturated carbocycles. The molecule has 0 spiro atoms. The van der Waals surface area contributed by atoms with Crippen LogP contribution in [-0.4, -0.2) is 70.0 Å². The van der Waals surface area contributed by atoms with Crippen LogP contribution in [-0.2, 0) is 9.47 Å². The van der Waals surface area contributed by atoms with Crippen molar-refractivity contribution in [3.8, 4) is 0 Å². The lowest BCUT2D eigenvalue weighted by Crippen LogP contribution is -2.42. The number of morpholine rings is 1. The third-order valence-electron chi connectivity index (χ3n) is 4.72. The van der Waals surface area contributed by atoms with Crippen molar-refractivity contribution in [3.05, 3.63) is 23.7 Å². The number of nitrogens with one attached hydrogen (secondary N) is 2. The van der Waals surface area contributed by atoms with E-state index in [1.807, 2.05) is 13.0 Å². The van der Waals surface area contributed by atoms with Gasteiger partial charge in [0.2, 0.25) is 0 Å².